The molecule has 0 spiro atoms. The molecule has 1 fully saturated rings. The van der Waals surface area contributed by atoms with Crippen molar-refractivity contribution in [2.45, 2.75) is 100 Å². The number of nitrogens with one attached hydrogen (secondary N) is 3. The summed E-state index contributed by atoms with van der Waals surface area (Å²) in [5.41, 5.74) is 6.29. The molecule has 23 nitrogen and oxygen atoms in total. The molecule has 2 aliphatic heterocycles. The van der Waals surface area contributed by atoms with E-state index in [0.717, 1.165) is 0 Å². The Balaban J connectivity index is 1.25. The molecule has 4 rings (SSSR count). The maximum Gasteiger partial charge on any atom is 0.473 e. The predicted molar refractivity (Wildman–Crippen MR) is 188 cm³/mol. The highest BCUT2D eigenvalue weighted by molar-refractivity contribution is 7.47. The second-order valence-electron chi connectivity index (χ2n) is 13.0. The lowest BCUT2D eigenvalue weighted by molar-refractivity contribution is -0.192. The summed E-state index contributed by atoms with van der Waals surface area (Å²) in [5.74, 6) is -3.02. The molecule has 13 N–H and O–H groups in total. The van der Waals surface area contributed by atoms with Gasteiger partial charge in [-0.2, -0.15) is 4.98 Å². The van der Waals surface area contributed by atoms with Crippen LogP contribution in [0, 0.1) is 0 Å². The molecule has 306 valence electrons. The highest BCUT2D eigenvalue weighted by atomic mass is 31.2. The molecule has 1 amide bonds. The van der Waals surface area contributed by atoms with Gasteiger partial charge in [0.2, 0.25) is 12.4 Å². The predicted octanol–water partition coefficient (Wildman–Crippen LogP) is -2.46. The Morgan fingerprint density at radius 3 is 2.44 bits per heavy atom. The number of carbonyl (C=O) groups excluding carboxylic acids is 1. The van der Waals surface area contributed by atoms with Gasteiger partial charge in [-0.3, -0.25) is 33.3 Å². The number of H-pyrrole nitrogens is 1. The smallest absolute Gasteiger partial charge is 0.473 e. The molecule has 0 aliphatic carbocycles. The van der Waals surface area contributed by atoms with E-state index in [2.05, 4.69) is 29.6 Å². The number of hydrogen-bond donors (Lipinski definition) is 12. The number of ether oxygens (including phenoxy) is 2. The molecule has 0 radical (unpaired) electrons. The number of amides is 1. The summed E-state index contributed by atoms with van der Waals surface area (Å²) in [4.78, 5) is 64.3. The Bertz CT molecular complexity index is 1750. The average Bonchev–Trinajstić information content (AvgIpc) is 3.38. The van der Waals surface area contributed by atoms with Crippen LogP contribution in [0.3, 0.4) is 0 Å². The van der Waals surface area contributed by atoms with E-state index < -0.39 is 112 Å². The first-order chi connectivity index (χ1) is 25.8. The van der Waals surface area contributed by atoms with Crippen LogP contribution >= 0.6 is 7.82 Å². The summed E-state index contributed by atoms with van der Waals surface area (Å²) < 4.78 is 32.0. The number of carbonyl (C=O) groups is 3. The standard InChI is InChI=1S/C31H45N6O17P/c1-13(22-14(2)34-27-23(37(22)12-38)28(46)36-31(32)35-27)33-16-5-3-15(4-6-16)9-17(39)24(43)18(40)10-51-30-26(45)25(44)20(53-30)11-52-55(49,50)54-19(29(47)48)7-8-21(41)42/h3-6,12-14,17-20,22,24-26,30,33,39-40,43-45H,7-11H2,1-2H3,(H,41,42)(H,47,48)(H,49,50)(H4,32,34,35,36,46)/t13-,14+,17+,18-,19+,20-,22+,24+,25-,26-,30+/m1/s1. The van der Waals surface area contributed by atoms with Crippen LogP contribution in [-0.4, -0.2) is 149 Å². The zero-order chi connectivity index (χ0) is 40.8. The minimum Gasteiger partial charge on any atom is -0.481 e. The number of anilines is 4. The zero-order valence-electron chi connectivity index (χ0n) is 29.4. The molecule has 3 heterocycles. The van der Waals surface area contributed by atoms with Crippen molar-refractivity contribution in [1.29, 1.82) is 0 Å². The maximum absolute atomic E-state index is 12.6. The lowest BCUT2D eigenvalue weighted by atomic mass is 9.97. The van der Waals surface area contributed by atoms with Gasteiger partial charge in [-0.05, 0) is 38.0 Å². The number of rotatable bonds is 20. The Labute approximate surface area is 312 Å². The number of nitrogens with zero attached hydrogens (tertiary/aromatic N) is 2. The van der Waals surface area contributed by atoms with Crippen LogP contribution in [0.1, 0.15) is 32.3 Å². The van der Waals surface area contributed by atoms with Crippen LogP contribution < -0.4 is 26.8 Å². The minimum atomic E-state index is -5.12. The van der Waals surface area contributed by atoms with Gasteiger partial charge in [0.1, 0.15) is 30.5 Å². The number of aliphatic hydroxyl groups is 5. The average molecular weight is 805 g/mol. The van der Waals surface area contributed by atoms with Crippen molar-refractivity contribution in [3.63, 3.8) is 0 Å². The number of aliphatic carboxylic acids is 2. The maximum atomic E-state index is 12.6. The van der Waals surface area contributed by atoms with E-state index in [9.17, 15) is 54.2 Å². The van der Waals surface area contributed by atoms with Crippen molar-refractivity contribution in [3.05, 3.63) is 40.2 Å². The summed E-state index contributed by atoms with van der Waals surface area (Å²) in [5, 5.41) is 76.5. The first-order valence-electron chi connectivity index (χ1n) is 16.8. The van der Waals surface area contributed by atoms with Gasteiger partial charge in [0.25, 0.3) is 5.56 Å². The fourth-order valence-electron chi connectivity index (χ4n) is 6.13. The van der Waals surface area contributed by atoms with Crippen molar-refractivity contribution >= 4 is 49.3 Å². The number of fused-ring (bicyclic) bond motifs is 1. The molecular weight excluding hydrogens is 759 g/mol. The highest BCUT2D eigenvalue weighted by Gasteiger charge is 2.45. The molecular formula is C31H45N6O17P. The number of nitrogen functional groups attached to an aromatic ring is 1. The van der Waals surface area contributed by atoms with Gasteiger partial charge >= 0.3 is 19.8 Å². The molecule has 0 bridgehead atoms. The molecule has 1 saturated heterocycles. The number of phosphoric ester groups is 1. The van der Waals surface area contributed by atoms with E-state index in [1.54, 1.807) is 24.3 Å². The largest absolute Gasteiger partial charge is 0.481 e. The third kappa shape index (κ3) is 11.2. The number of nitrogens with two attached hydrogens (primary N) is 1. The number of aromatic nitrogens is 2. The first-order valence-corrected chi connectivity index (χ1v) is 18.3. The summed E-state index contributed by atoms with van der Waals surface area (Å²) in [7, 11) is -5.12. The van der Waals surface area contributed by atoms with Crippen molar-refractivity contribution < 1.29 is 78.1 Å². The number of benzene rings is 1. The fourth-order valence-corrected chi connectivity index (χ4v) is 7.05. The third-order valence-electron chi connectivity index (χ3n) is 8.88. The van der Waals surface area contributed by atoms with E-state index in [0.29, 0.717) is 17.7 Å². The quantitative estimate of drug-likeness (QED) is 0.0487. The third-order valence-corrected chi connectivity index (χ3v) is 9.88. The molecule has 12 atom stereocenters. The van der Waals surface area contributed by atoms with Crippen LogP contribution in [0.4, 0.5) is 23.1 Å². The number of hydrogen-bond acceptors (Lipinski definition) is 18. The van der Waals surface area contributed by atoms with Crippen molar-refractivity contribution in [3.8, 4) is 0 Å². The van der Waals surface area contributed by atoms with Crippen LogP contribution in [-0.2, 0) is 43.9 Å². The zero-order valence-corrected chi connectivity index (χ0v) is 30.3. The Hall–Kier alpha value is -4.26. The van der Waals surface area contributed by atoms with Crippen molar-refractivity contribution in [2.24, 2.45) is 0 Å². The van der Waals surface area contributed by atoms with E-state index in [4.69, 9.17) is 25.4 Å². The number of aliphatic hydroxyl groups excluding tert-OH is 5. The Morgan fingerprint density at radius 1 is 1.15 bits per heavy atom. The van der Waals surface area contributed by atoms with Gasteiger partial charge in [-0.25, -0.2) is 9.36 Å². The molecule has 2 aliphatic rings. The van der Waals surface area contributed by atoms with E-state index >= 15 is 0 Å². The molecule has 55 heavy (non-hydrogen) atoms. The van der Waals surface area contributed by atoms with Crippen LogP contribution in [0.15, 0.2) is 29.1 Å². The second-order valence-corrected chi connectivity index (χ2v) is 14.4. The van der Waals surface area contributed by atoms with Crippen molar-refractivity contribution in [2.75, 3.05) is 34.5 Å². The van der Waals surface area contributed by atoms with E-state index in [-0.39, 0.29) is 29.9 Å². The lowest BCUT2D eigenvalue weighted by Gasteiger charge is -2.42. The molecule has 1 aromatic carbocycles. The summed E-state index contributed by atoms with van der Waals surface area (Å²) in [6.07, 6.45) is -14.6. The SMILES string of the molecule is C[C@@H]1Nc2nc(N)[nH]c(=O)c2N(C=O)[C@H]1[C@@H](C)Nc1ccc(C[C@H](O)[C@H](O)[C@H](O)CO[C@H]2O[C@H](COP(=O)(O)O[C@@H](CCC(=O)O)C(=O)O)[C@@H](O)[C@H]2O)cc1. The first kappa shape index (κ1) is 43.5. The van der Waals surface area contributed by atoms with Gasteiger partial charge < -0.3 is 66.5 Å². The number of carboxylic acid groups (broad SMARTS) is 2. The monoisotopic (exact) mass is 804 g/mol. The van der Waals surface area contributed by atoms with Crippen LogP contribution in [0.5, 0.6) is 0 Å². The van der Waals surface area contributed by atoms with E-state index in [1.807, 2.05) is 13.8 Å². The summed E-state index contributed by atoms with van der Waals surface area (Å²) in [6, 6.07) is 5.44. The van der Waals surface area contributed by atoms with Gasteiger partial charge in [-0.15, -0.1) is 0 Å². The van der Waals surface area contributed by atoms with Crippen LogP contribution in [0.25, 0.3) is 0 Å². The normalized spacial score (nSPS) is 26.1. The Kier molecular flexibility index (Phi) is 14.7. The van der Waals surface area contributed by atoms with Gasteiger partial charge in [-0.1, -0.05) is 12.1 Å². The molecule has 1 unspecified atom stereocenters. The second kappa shape index (κ2) is 18.6. The summed E-state index contributed by atoms with van der Waals surface area (Å²) in [6.45, 7) is 2.02. The molecule has 1 aromatic heterocycles. The fraction of sp³-hybridized carbons (Fsp3) is 0.581. The molecule has 2 aromatic rings. The van der Waals surface area contributed by atoms with Crippen LogP contribution in [0.2, 0.25) is 0 Å². The number of carboxylic acids is 2. The Morgan fingerprint density at radius 2 is 1.82 bits per heavy atom. The van der Waals surface area contributed by atoms with Gasteiger partial charge in [0, 0.05) is 30.6 Å². The highest BCUT2D eigenvalue weighted by Crippen LogP contribution is 2.46. The topological polar surface area (TPSA) is 366 Å². The molecule has 0 saturated carbocycles. The van der Waals surface area contributed by atoms with Gasteiger partial charge in [0.15, 0.2) is 23.9 Å². The molecule has 24 heteroatoms. The van der Waals surface area contributed by atoms with Crippen molar-refractivity contribution in [1.82, 2.24) is 9.97 Å². The van der Waals surface area contributed by atoms with E-state index in [1.165, 1.54) is 4.90 Å². The summed E-state index contributed by atoms with van der Waals surface area (Å²) >= 11 is 0. The lowest BCUT2D eigenvalue weighted by Crippen LogP contribution is -2.58. The number of aromatic amines is 1. The number of phosphoric acid groups is 1. The van der Waals surface area contributed by atoms with Gasteiger partial charge in [0.05, 0.1) is 25.4 Å². The minimum absolute atomic E-state index is 0.0313.